The van der Waals surface area contributed by atoms with Gasteiger partial charge in [0.25, 0.3) is 5.91 Å². The summed E-state index contributed by atoms with van der Waals surface area (Å²) in [5.74, 6) is 1.11. The van der Waals surface area contributed by atoms with E-state index in [1.807, 2.05) is 12.1 Å². The minimum atomic E-state index is -4.73. The molecule has 2 N–H and O–H groups in total. The van der Waals surface area contributed by atoms with Gasteiger partial charge in [0.2, 0.25) is 0 Å². The number of hydrogen-bond acceptors (Lipinski definition) is 5. The standard InChI is InChI=1S/C29H27ClF3N3O3/c1-38-20-13-14-26(39-2)21(16-20)25-8-5-15-36(25)28(37)19-11-9-18(10-12-19)24(17-27(34)29(31,32)33)35-23-7-4-3-6-22(23)30/h3-4,6-7,9-14,16-17,25H,5,8,15,34H2,1-2H3. The Balaban J connectivity index is 1.66. The smallest absolute Gasteiger partial charge is 0.430 e. The molecule has 1 heterocycles. The van der Waals surface area contributed by atoms with E-state index < -0.39 is 11.9 Å². The fourth-order valence-corrected chi connectivity index (χ4v) is 4.64. The summed E-state index contributed by atoms with van der Waals surface area (Å²) in [7, 11) is 3.15. The molecular weight excluding hydrogens is 531 g/mol. The molecule has 0 aliphatic carbocycles. The number of para-hydroxylation sites is 1. The average molecular weight is 558 g/mol. The molecule has 204 valence electrons. The van der Waals surface area contributed by atoms with Gasteiger partial charge in [-0.25, -0.2) is 4.99 Å². The lowest BCUT2D eigenvalue weighted by Crippen LogP contribution is -2.30. The van der Waals surface area contributed by atoms with Crippen molar-refractivity contribution in [3.63, 3.8) is 0 Å². The molecule has 1 amide bonds. The Hall–Kier alpha value is -3.98. The van der Waals surface area contributed by atoms with Crippen LogP contribution in [-0.2, 0) is 0 Å². The fourth-order valence-electron chi connectivity index (χ4n) is 4.46. The first kappa shape index (κ1) is 28.0. The third kappa shape index (κ3) is 6.37. The number of hydrogen-bond donors (Lipinski definition) is 1. The predicted octanol–water partition coefficient (Wildman–Crippen LogP) is 6.86. The molecule has 10 heteroatoms. The zero-order chi connectivity index (χ0) is 28.2. The number of aliphatic imine (C=N–C) groups is 1. The molecule has 0 bridgehead atoms. The van der Waals surface area contributed by atoms with Gasteiger partial charge in [0.15, 0.2) is 0 Å². The van der Waals surface area contributed by atoms with E-state index in [2.05, 4.69) is 4.99 Å². The Morgan fingerprint density at radius 2 is 1.74 bits per heavy atom. The number of allylic oxidation sites excluding steroid dienone is 2. The van der Waals surface area contributed by atoms with Gasteiger partial charge in [0, 0.05) is 23.2 Å². The van der Waals surface area contributed by atoms with E-state index in [1.54, 1.807) is 73.7 Å². The van der Waals surface area contributed by atoms with Crippen molar-refractivity contribution in [1.29, 1.82) is 0 Å². The van der Waals surface area contributed by atoms with Crippen LogP contribution in [0.5, 0.6) is 11.5 Å². The molecule has 4 rings (SSSR count). The molecule has 1 aliphatic heterocycles. The Labute approximate surface area is 229 Å². The van der Waals surface area contributed by atoms with E-state index in [0.717, 1.165) is 24.5 Å². The van der Waals surface area contributed by atoms with Gasteiger partial charge < -0.3 is 20.1 Å². The fraction of sp³-hybridized carbons (Fsp3) is 0.241. The number of carbonyl (C=O) groups excluding carboxylic acids is 1. The zero-order valence-electron chi connectivity index (χ0n) is 21.3. The van der Waals surface area contributed by atoms with Crippen molar-refractivity contribution in [2.75, 3.05) is 20.8 Å². The molecule has 0 radical (unpaired) electrons. The SMILES string of the molecule is COc1ccc(OC)c(C2CCCN2C(=O)c2ccc(C(C=C(N)C(F)(F)F)=Nc3ccccc3Cl)cc2)c1. The Morgan fingerprint density at radius 1 is 1.05 bits per heavy atom. The highest BCUT2D eigenvalue weighted by Crippen LogP contribution is 2.39. The Kier molecular flexibility index (Phi) is 8.50. The maximum atomic E-state index is 13.5. The van der Waals surface area contributed by atoms with Crippen molar-refractivity contribution in [3.8, 4) is 11.5 Å². The minimum absolute atomic E-state index is 0.0444. The first-order valence-corrected chi connectivity index (χ1v) is 12.5. The van der Waals surface area contributed by atoms with Crippen LogP contribution < -0.4 is 15.2 Å². The molecule has 0 saturated carbocycles. The second-order valence-electron chi connectivity index (χ2n) is 8.89. The molecule has 1 atom stereocenters. The summed E-state index contributed by atoms with van der Waals surface area (Å²) in [5.41, 5.74) is 5.81. The lowest BCUT2D eigenvalue weighted by Gasteiger charge is -2.27. The third-order valence-electron chi connectivity index (χ3n) is 6.45. The summed E-state index contributed by atoms with van der Waals surface area (Å²) in [5, 5.41) is 0.272. The van der Waals surface area contributed by atoms with Gasteiger partial charge in [-0.1, -0.05) is 35.9 Å². The highest BCUT2D eigenvalue weighted by Gasteiger charge is 2.33. The summed E-state index contributed by atoms with van der Waals surface area (Å²) in [6.45, 7) is 0.551. The van der Waals surface area contributed by atoms with Crippen molar-refractivity contribution in [2.24, 2.45) is 10.7 Å². The first-order valence-electron chi connectivity index (χ1n) is 12.1. The van der Waals surface area contributed by atoms with Gasteiger partial charge in [0.05, 0.1) is 36.7 Å². The van der Waals surface area contributed by atoms with Crippen molar-refractivity contribution in [2.45, 2.75) is 25.1 Å². The van der Waals surface area contributed by atoms with E-state index in [-0.39, 0.29) is 28.4 Å². The quantitative estimate of drug-likeness (QED) is 0.322. The van der Waals surface area contributed by atoms with E-state index in [0.29, 0.717) is 29.2 Å². The van der Waals surface area contributed by atoms with Gasteiger partial charge in [-0.15, -0.1) is 0 Å². The van der Waals surface area contributed by atoms with Crippen LogP contribution in [0, 0.1) is 0 Å². The number of likely N-dealkylation sites (tertiary alicyclic amines) is 1. The number of carbonyl (C=O) groups is 1. The summed E-state index contributed by atoms with van der Waals surface area (Å²) < 4.78 is 50.6. The van der Waals surface area contributed by atoms with Crippen LogP contribution in [0.3, 0.4) is 0 Å². The van der Waals surface area contributed by atoms with Crippen LogP contribution in [0.15, 0.2) is 83.5 Å². The number of nitrogens with zero attached hydrogens (tertiary/aromatic N) is 2. The van der Waals surface area contributed by atoms with Gasteiger partial charge in [-0.05, 0) is 61.4 Å². The zero-order valence-corrected chi connectivity index (χ0v) is 22.1. The largest absolute Gasteiger partial charge is 0.497 e. The minimum Gasteiger partial charge on any atom is -0.497 e. The topological polar surface area (TPSA) is 77.2 Å². The lowest BCUT2D eigenvalue weighted by molar-refractivity contribution is -0.0925. The highest BCUT2D eigenvalue weighted by molar-refractivity contribution is 6.33. The van der Waals surface area contributed by atoms with Crippen molar-refractivity contribution < 1.29 is 27.4 Å². The molecule has 0 aromatic heterocycles. The molecule has 1 unspecified atom stereocenters. The molecule has 0 spiro atoms. The van der Waals surface area contributed by atoms with Crippen molar-refractivity contribution in [1.82, 2.24) is 4.90 Å². The number of halogens is 4. The van der Waals surface area contributed by atoms with Crippen LogP contribution in [0.2, 0.25) is 5.02 Å². The number of alkyl halides is 3. The monoisotopic (exact) mass is 557 g/mol. The molecule has 1 aliphatic rings. The van der Waals surface area contributed by atoms with E-state index in [1.165, 1.54) is 0 Å². The van der Waals surface area contributed by atoms with Gasteiger partial charge >= 0.3 is 6.18 Å². The van der Waals surface area contributed by atoms with Gasteiger partial charge in [-0.3, -0.25) is 4.79 Å². The number of ether oxygens (including phenoxy) is 2. The second kappa shape index (κ2) is 11.8. The normalized spacial score (nSPS) is 16.4. The molecule has 1 saturated heterocycles. The van der Waals surface area contributed by atoms with E-state index in [4.69, 9.17) is 26.8 Å². The molecular formula is C29H27ClF3N3O3. The van der Waals surface area contributed by atoms with Crippen LogP contribution in [0.25, 0.3) is 0 Å². The van der Waals surface area contributed by atoms with Crippen LogP contribution in [-0.4, -0.2) is 43.5 Å². The van der Waals surface area contributed by atoms with Gasteiger partial charge in [0.1, 0.15) is 17.2 Å². The van der Waals surface area contributed by atoms with Crippen LogP contribution >= 0.6 is 11.6 Å². The average Bonchev–Trinajstić information content (AvgIpc) is 3.42. The molecule has 3 aromatic rings. The number of methoxy groups -OCH3 is 2. The summed E-state index contributed by atoms with van der Waals surface area (Å²) in [6.07, 6.45) is -2.41. The third-order valence-corrected chi connectivity index (χ3v) is 6.77. The number of amides is 1. The molecule has 3 aromatic carbocycles. The molecule has 6 nitrogen and oxygen atoms in total. The lowest BCUT2D eigenvalue weighted by atomic mass is 10.0. The number of benzene rings is 3. The number of nitrogens with two attached hydrogens (primary N) is 1. The highest BCUT2D eigenvalue weighted by atomic mass is 35.5. The Morgan fingerprint density at radius 3 is 2.38 bits per heavy atom. The summed E-state index contributed by atoms with van der Waals surface area (Å²) in [6, 6.07) is 18.0. The number of rotatable bonds is 7. The maximum Gasteiger partial charge on any atom is 0.430 e. The maximum absolute atomic E-state index is 13.5. The van der Waals surface area contributed by atoms with E-state index in [9.17, 15) is 18.0 Å². The van der Waals surface area contributed by atoms with E-state index >= 15 is 0 Å². The summed E-state index contributed by atoms with van der Waals surface area (Å²) in [4.78, 5) is 19.6. The second-order valence-corrected chi connectivity index (χ2v) is 9.29. The first-order chi connectivity index (χ1) is 18.6. The van der Waals surface area contributed by atoms with Crippen molar-refractivity contribution >= 4 is 28.9 Å². The Bertz CT molecular complexity index is 1400. The van der Waals surface area contributed by atoms with Crippen LogP contribution in [0.4, 0.5) is 18.9 Å². The van der Waals surface area contributed by atoms with Gasteiger partial charge in [-0.2, -0.15) is 13.2 Å². The predicted molar refractivity (Wildman–Crippen MR) is 145 cm³/mol. The summed E-state index contributed by atoms with van der Waals surface area (Å²) >= 11 is 6.18. The molecule has 1 fully saturated rings. The van der Waals surface area contributed by atoms with Crippen molar-refractivity contribution in [3.05, 3.63) is 100 Å². The molecule has 39 heavy (non-hydrogen) atoms. The van der Waals surface area contributed by atoms with Crippen LogP contribution in [0.1, 0.15) is 40.4 Å².